The van der Waals surface area contributed by atoms with Gasteiger partial charge in [0.15, 0.2) is 0 Å². The van der Waals surface area contributed by atoms with Gasteiger partial charge in [0.2, 0.25) is 0 Å². The summed E-state index contributed by atoms with van der Waals surface area (Å²) in [5.41, 5.74) is 1.52. The lowest BCUT2D eigenvalue weighted by Crippen LogP contribution is -2.07. The molecular formula is C15H26. The lowest BCUT2D eigenvalue weighted by molar-refractivity contribution is 0.408. The van der Waals surface area contributed by atoms with E-state index in [2.05, 4.69) is 44.2 Å². The van der Waals surface area contributed by atoms with Crippen molar-refractivity contribution in [1.82, 2.24) is 0 Å². The molecule has 1 fully saturated rings. The highest BCUT2D eigenvalue weighted by atomic mass is 14.2. The Morgan fingerprint density at radius 3 is 2.20 bits per heavy atom. The third-order valence-corrected chi connectivity index (χ3v) is 2.92. The molecule has 0 atom stereocenters. The van der Waals surface area contributed by atoms with Crippen molar-refractivity contribution in [3.05, 3.63) is 36.0 Å². The molecule has 0 aromatic carbocycles. The van der Waals surface area contributed by atoms with E-state index in [-0.39, 0.29) is 7.43 Å². The minimum atomic E-state index is 0. The van der Waals surface area contributed by atoms with E-state index in [9.17, 15) is 0 Å². The molecule has 0 bridgehead atoms. The molecule has 0 unspecified atom stereocenters. The molecule has 0 spiro atoms. The van der Waals surface area contributed by atoms with Gasteiger partial charge in [-0.05, 0) is 38.2 Å². The molecule has 86 valence electrons. The first kappa shape index (κ1) is 14.2. The van der Waals surface area contributed by atoms with E-state index >= 15 is 0 Å². The van der Waals surface area contributed by atoms with Crippen LogP contribution in [0.2, 0.25) is 0 Å². The Bertz CT molecular complexity index is 224. The van der Waals surface area contributed by atoms with Crippen LogP contribution in [0.4, 0.5) is 0 Å². The molecule has 15 heavy (non-hydrogen) atoms. The Morgan fingerprint density at radius 1 is 1.00 bits per heavy atom. The quantitative estimate of drug-likeness (QED) is 0.551. The Morgan fingerprint density at radius 2 is 1.67 bits per heavy atom. The summed E-state index contributed by atoms with van der Waals surface area (Å²) < 4.78 is 0. The first-order valence-corrected chi connectivity index (χ1v) is 5.84. The molecule has 0 saturated heterocycles. The molecule has 0 heteroatoms. The standard InChI is InChI=1S/C14H22.CH4/c1-3-5-10-13(9-4-2)14-11-7-6-8-12-14;/h3-5,9-10,14H,6-8,11-12H2,1-2H3;1H4/b5-3+,9-4-,13-10+;. The Kier molecular flexibility index (Phi) is 8.08. The zero-order chi connectivity index (χ0) is 10.2. The maximum absolute atomic E-state index is 2.27. The second-order valence-corrected chi connectivity index (χ2v) is 4.03. The molecule has 0 nitrogen and oxygen atoms in total. The van der Waals surface area contributed by atoms with E-state index in [4.69, 9.17) is 0 Å². The lowest BCUT2D eigenvalue weighted by Gasteiger charge is -2.22. The second-order valence-electron chi connectivity index (χ2n) is 4.03. The molecule has 0 aromatic rings. The van der Waals surface area contributed by atoms with E-state index in [1.807, 2.05) is 0 Å². The van der Waals surface area contributed by atoms with Crippen molar-refractivity contribution in [2.45, 2.75) is 53.4 Å². The van der Waals surface area contributed by atoms with Gasteiger partial charge in [0.25, 0.3) is 0 Å². The van der Waals surface area contributed by atoms with E-state index in [0.717, 1.165) is 5.92 Å². The second kappa shape index (κ2) is 8.52. The summed E-state index contributed by atoms with van der Waals surface area (Å²) >= 11 is 0. The first-order chi connectivity index (χ1) is 6.88. The lowest BCUT2D eigenvalue weighted by atomic mass is 9.83. The summed E-state index contributed by atoms with van der Waals surface area (Å²) in [6.45, 7) is 4.18. The average Bonchev–Trinajstić information content (AvgIpc) is 2.25. The predicted molar refractivity (Wildman–Crippen MR) is 71.0 cm³/mol. The smallest absolute Gasteiger partial charge is 0.0162 e. The van der Waals surface area contributed by atoms with E-state index in [0.29, 0.717) is 0 Å². The van der Waals surface area contributed by atoms with Crippen LogP contribution >= 0.6 is 0 Å². The van der Waals surface area contributed by atoms with Gasteiger partial charge in [0.05, 0.1) is 0 Å². The molecule has 0 aromatic heterocycles. The molecule has 0 N–H and O–H groups in total. The van der Waals surface area contributed by atoms with E-state index in [1.165, 1.54) is 37.7 Å². The number of rotatable bonds is 3. The van der Waals surface area contributed by atoms with Crippen LogP contribution in [-0.2, 0) is 0 Å². The maximum Gasteiger partial charge on any atom is -0.0162 e. The monoisotopic (exact) mass is 206 g/mol. The van der Waals surface area contributed by atoms with Crippen LogP contribution in [0.3, 0.4) is 0 Å². The highest BCUT2D eigenvalue weighted by Gasteiger charge is 2.15. The van der Waals surface area contributed by atoms with Crippen LogP contribution in [0.5, 0.6) is 0 Å². The van der Waals surface area contributed by atoms with Crippen molar-refractivity contribution in [1.29, 1.82) is 0 Å². The fourth-order valence-corrected chi connectivity index (χ4v) is 2.16. The van der Waals surface area contributed by atoms with Crippen molar-refractivity contribution in [2.75, 3.05) is 0 Å². The Balaban J connectivity index is 0.00000196. The molecule has 0 amide bonds. The summed E-state index contributed by atoms with van der Waals surface area (Å²) in [7, 11) is 0. The van der Waals surface area contributed by atoms with Crippen molar-refractivity contribution >= 4 is 0 Å². The topological polar surface area (TPSA) is 0 Å². The average molecular weight is 206 g/mol. The number of hydrogen-bond acceptors (Lipinski definition) is 0. The zero-order valence-electron chi connectivity index (χ0n) is 9.50. The van der Waals surface area contributed by atoms with E-state index < -0.39 is 0 Å². The van der Waals surface area contributed by atoms with Crippen LogP contribution in [-0.4, -0.2) is 0 Å². The molecule has 1 saturated carbocycles. The van der Waals surface area contributed by atoms with Crippen molar-refractivity contribution < 1.29 is 0 Å². The van der Waals surface area contributed by atoms with Gasteiger partial charge in [-0.15, -0.1) is 0 Å². The molecule has 0 heterocycles. The summed E-state index contributed by atoms with van der Waals surface area (Å²) in [5, 5.41) is 0. The largest absolute Gasteiger partial charge is 0.0877 e. The highest BCUT2D eigenvalue weighted by molar-refractivity contribution is 5.26. The summed E-state index contributed by atoms with van der Waals surface area (Å²) in [5.74, 6) is 0.816. The Hall–Kier alpha value is -0.780. The molecule has 0 aliphatic heterocycles. The predicted octanol–water partition coefficient (Wildman–Crippen LogP) is 5.28. The van der Waals surface area contributed by atoms with Gasteiger partial charge in [-0.1, -0.05) is 57.1 Å². The van der Waals surface area contributed by atoms with Gasteiger partial charge in [0, 0.05) is 0 Å². The highest BCUT2D eigenvalue weighted by Crippen LogP contribution is 2.30. The minimum absolute atomic E-state index is 0. The van der Waals surface area contributed by atoms with Crippen molar-refractivity contribution in [3.63, 3.8) is 0 Å². The molecular weight excluding hydrogens is 180 g/mol. The molecule has 1 aliphatic carbocycles. The van der Waals surface area contributed by atoms with Gasteiger partial charge in [-0.3, -0.25) is 0 Å². The van der Waals surface area contributed by atoms with Crippen molar-refractivity contribution in [3.8, 4) is 0 Å². The summed E-state index contributed by atoms with van der Waals surface area (Å²) in [6, 6.07) is 0. The van der Waals surface area contributed by atoms with Crippen LogP contribution in [0.15, 0.2) is 36.0 Å². The molecule has 1 aliphatic rings. The first-order valence-electron chi connectivity index (χ1n) is 5.84. The van der Waals surface area contributed by atoms with Gasteiger partial charge in [-0.25, -0.2) is 0 Å². The number of hydrogen-bond donors (Lipinski definition) is 0. The van der Waals surface area contributed by atoms with Crippen LogP contribution < -0.4 is 0 Å². The molecule has 1 rings (SSSR count). The fourth-order valence-electron chi connectivity index (χ4n) is 2.16. The van der Waals surface area contributed by atoms with Crippen LogP contribution in [0, 0.1) is 5.92 Å². The number of allylic oxidation sites excluding steroid dienone is 6. The fraction of sp³-hybridized carbons (Fsp3) is 0.600. The third kappa shape index (κ3) is 5.01. The third-order valence-electron chi connectivity index (χ3n) is 2.92. The zero-order valence-corrected chi connectivity index (χ0v) is 9.50. The molecule has 0 radical (unpaired) electrons. The SMILES string of the molecule is C.C\C=C/C(=C\C=C\C)C1CCCCC1. The van der Waals surface area contributed by atoms with Gasteiger partial charge in [0.1, 0.15) is 0 Å². The summed E-state index contributed by atoms with van der Waals surface area (Å²) in [4.78, 5) is 0. The minimum Gasteiger partial charge on any atom is -0.0877 e. The van der Waals surface area contributed by atoms with Gasteiger partial charge >= 0.3 is 0 Å². The van der Waals surface area contributed by atoms with Crippen molar-refractivity contribution in [2.24, 2.45) is 5.92 Å². The maximum atomic E-state index is 2.27. The van der Waals surface area contributed by atoms with Gasteiger partial charge in [-0.2, -0.15) is 0 Å². The Labute approximate surface area is 95.8 Å². The normalized spacial score (nSPS) is 19.7. The summed E-state index contributed by atoms with van der Waals surface area (Å²) in [6.07, 6.45) is 18.0. The van der Waals surface area contributed by atoms with Gasteiger partial charge < -0.3 is 0 Å². The van der Waals surface area contributed by atoms with E-state index in [1.54, 1.807) is 0 Å². The van der Waals surface area contributed by atoms with Crippen LogP contribution in [0.25, 0.3) is 0 Å². The van der Waals surface area contributed by atoms with Crippen LogP contribution in [0.1, 0.15) is 53.4 Å².